The van der Waals surface area contributed by atoms with Gasteiger partial charge in [-0.25, -0.2) is 4.39 Å². The summed E-state index contributed by atoms with van der Waals surface area (Å²) >= 11 is 0. The van der Waals surface area contributed by atoms with Crippen LogP contribution in [0.3, 0.4) is 0 Å². The molecule has 1 saturated carbocycles. The Morgan fingerprint density at radius 2 is 1.88 bits per heavy atom. The lowest BCUT2D eigenvalue weighted by atomic mass is 9.89. The molecule has 0 saturated heterocycles. The molecule has 1 aromatic carbocycles. The number of hydrogen-bond donors (Lipinski definition) is 1. The van der Waals surface area contributed by atoms with Crippen molar-refractivity contribution in [2.45, 2.75) is 38.5 Å². The van der Waals surface area contributed by atoms with Crippen LogP contribution in [0.15, 0.2) is 24.3 Å². The Morgan fingerprint density at radius 1 is 1.12 bits per heavy atom. The Morgan fingerprint density at radius 3 is 2.65 bits per heavy atom. The minimum atomic E-state index is -0.0769. The summed E-state index contributed by atoms with van der Waals surface area (Å²) in [6.07, 6.45) is 7.71. The first-order valence-electron chi connectivity index (χ1n) is 6.80. The maximum Gasteiger partial charge on any atom is 0.126 e. The fraction of sp³-hybridized carbons (Fsp3) is 0.600. The van der Waals surface area contributed by atoms with Crippen molar-refractivity contribution in [2.75, 3.05) is 13.1 Å². The van der Waals surface area contributed by atoms with E-state index in [0.29, 0.717) is 0 Å². The van der Waals surface area contributed by atoms with Crippen LogP contribution in [0.25, 0.3) is 0 Å². The maximum atomic E-state index is 13.3. The highest BCUT2D eigenvalue weighted by atomic mass is 19.1. The molecule has 2 rings (SSSR count). The van der Waals surface area contributed by atoms with Crippen molar-refractivity contribution in [3.05, 3.63) is 35.6 Å². The SMILES string of the molecule is Fc1ccccc1CCNCC1CCCCC1. The predicted molar refractivity (Wildman–Crippen MR) is 69.5 cm³/mol. The Labute approximate surface area is 103 Å². The molecule has 0 bridgehead atoms. The first kappa shape index (κ1) is 12.6. The summed E-state index contributed by atoms with van der Waals surface area (Å²) in [4.78, 5) is 0. The Kier molecular flexibility index (Phi) is 4.99. The summed E-state index contributed by atoms with van der Waals surface area (Å²) in [5.74, 6) is 0.774. The average Bonchev–Trinajstić information content (AvgIpc) is 2.38. The van der Waals surface area contributed by atoms with Gasteiger partial charge in [0.15, 0.2) is 0 Å². The van der Waals surface area contributed by atoms with Gasteiger partial charge in [0.05, 0.1) is 0 Å². The highest BCUT2D eigenvalue weighted by molar-refractivity contribution is 5.17. The first-order valence-corrected chi connectivity index (χ1v) is 6.80. The first-order chi connectivity index (χ1) is 8.36. The number of nitrogens with one attached hydrogen (secondary N) is 1. The molecule has 1 nitrogen and oxygen atoms in total. The van der Waals surface area contributed by atoms with Crippen LogP contribution in [0.1, 0.15) is 37.7 Å². The molecule has 0 amide bonds. The van der Waals surface area contributed by atoms with E-state index < -0.39 is 0 Å². The van der Waals surface area contributed by atoms with E-state index in [9.17, 15) is 4.39 Å². The topological polar surface area (TPSA) is 12.0 Å². The molecule has 17 heavy (non-hydrogen) atoms. The van der Waals surface area contributed by atoms with Crippen molar-refractivity contribution >= 4 is 0 Å². The van der Waals surface area contributed by atoms with Crippen molar-refractivity contribution in [3.63, 3.8) is 0 Å². The van der Waals surface area contributed by atoms with Crippen LogP contribution in [-0.2, 0) is 6.42 Å². The molecule has 0 aliphatic heterocycles. The van der Waals surface area contributed by atoms with Crippen molar-refractivity contribution in [3.8, 4) is 0 Å². The van der Waals surface area contributed by atoms with Crippen LogP contribution in [0.5, 0.6) is 0 Å². The molecule has 0 atom stereocenters. The van der Waals surface area contributed by atoms with E-state index in [1.807, 2.05) is 12.1 Å². The molecule has 0 unspecified atom stereocenters. The van der Waals surface area contributed by atoms with E-state index in [2.05, 4.69) is 5.32 Å². The van der Waals surface area contributed by atoms with E-state index in [-0.39, 0.29) is 5.82 Å². The van der Waals surface area contributed by atoms with Crippen LogP contribution in [0.2, 0.25) is 0 Å². The van der Waals surface area contributed by atoms with Crippen LogP contribution in [0.4, 0.5) is 4.39 Å². The summed E-state index contributed by atoms with van der Waals surface area (Å²) in [5.41, 5.74) is 0.823. The van der Waals surface area contributed by atoms with Crippen molar-refractivity contribution in [1.82, 2.24) is 5.32 Å². The third-order valence-corrected chi connectivity index (χ3v) is 3.69. The Hall–Kier alpha value is -0.890. The zero-order chi connectivity index (χ0) is 11.9. The van der Waals surface area contributed by atoms with Gasteiger partial charge in [-0.2, -0.15) is 0 Å². The Balaban J connectivity index is 1.64. The van der Waals surface area contributed by atoms with Gasteiger partial charge in [-0.05, 0) is 49.9 Å². The minimum Gasteiger partial charge on any atom is -0.316 e. The van der Waals surface area contributed by atoms with Crippen LogP contribution < -0.4 is 5.32 Å². The molecule has 2 heteroatoms. The van der Waals surface area contributed by atoms with Gasteiger partial charge < -0.3 is 5.32 Å². The molecule has 1 aliphatic rings. The number of hydrogen-bond acceptors (Lipinski definition) is 1. The van der Waals surface area contributed by atoms with Crippen LogP contribution in [0, 0.1) is 11.7 Å². The van der Waals surface area contributed by atoms with Crippen molar-refractivity contribution in [1.29, 1.82) is 0 Å². The number of benzene rings is 1. The largest absolute Gasteiger partial charge is 0.316 e. The third kappa shape index (κ3) is 4.12. The second-order valence-corrected chi connectivity index (χ2v) is 5.05. The molecular weight excluding hydrogens is 213 g/mol. The lowest BCUT2D eigenvalue weighted by Crippen LogP contribution is -2.26. The summed E-state index contributed by atoms with van der Waals surface area (Å²) in [6.45, 7) is 1.99. The standard InChI is InChI=1S/C15H22FN/c16-15-9-5-4-8-14(15)10-11-17-12-13-6-2-1-3-7-13/h4-5,8-9,13,17H,1-3,6-7,10-12H2. The maximum absolute atomic E-state index is 13.3. The van der Waals surface area contributed by atoms with Crippen molar-refractivity contribution < 1.29 is 4.39 Å². The monoisotopic (exact) mass is 235 g/mol. The third-order valence-electron chi connectivity index (χ3n) is 3.69. The lowest BCUT2D eigenvalue weighted by molar-refractivity contribution is 0.343. The fourth-order valence-electron chi connectivity index (χ4n) is 2.62. The van der Waals surface area contributed by atoms with Crippen LogP contribution in [-0.4, -0.2) is 13.1 Å². The molecule has 0 heterocycles. The normalized spacial score (nSPS) is 17.2. The number of halogens is 1. The van der Waals surface area contributed by atoms with E-state index in [1.165, 1.54) is 38.2 Å². The van der Waals surface area contributed by atoms with Gasteiger partial charge in [-0.3, -0.25) is 0 Å². The van der Waals surface area contributed by atoms with Gasteiger partial charge in [0.2, 0.25) is 0 Å². The van der Waals surface area contributed by atoms with Crippen LogP contribution >= 0.6 is 0 Å². The molecular formula is C15H22FN. The minimum absolute atomic E-state index is 0.0769. The second kappa shape index (κ2) is 6.75. The Bertz CT molecular complexity index is 331. The molecule has 1 N–H and O–H groups in total. The molecule has 1 aliphatic carbocycles. The molecule has 94 valence electrons. The predicted octanol–water partition coefficient (Wildman–Crippen LogP) is 3.54. The lowest BCUT2D eigenvalue weighted by Gasteiger charge is -2.21. The molecule has 0 spiro atoms. The van der Waals surface area contributed by atoms with E-state index in [0.717, 1.165) is 31.0 Å². The molecule has 1 fully saturated rings. The van der Waals surface area contributed by atoms with Gasteiger partial charge in [0.25, 0.3) is 0 Å². The van der Waals surface area contributed by atoms with Gasteiger partial charge >= 0.3 is 0 Å². The molecule has 1 aromatic rings. The molecule has 0 aromatic heterocycles. The fourth-order valence-corrected chi connectivity index (χ4v) is 2.62. The highest BCUT2D eigenvalue weighted by Crippen LogP contribution is 2.22. The zero-order valence-corrected chi connectivity index (χ0v) is 10.4. The summed E-state index contributed by atoms with van der Waals surface area (Å²) in [6, 6.07) is 7.06. The van der Waals surface area contributed by atoms with Gasteiger partial charge in [0.1, 0.15) is 5.82 Å². The van der Waals surface area contributed by atoms with Gasteiger partial charge in [-0.1, -0.05) is 37.5 Å². The van der Waals surface area contributed by atoms with E-state index in [4.69, 9.17) is 0 Å². The quantitative estimate of drug-likeness (QED) is 0.770. The summed E-state index contributed by atoms with van der Waals surface area (Å²) in [7, 11) is 0. The van der Waals surface area contributed by atoms with Gasteiger partial charge in [0, 0.05) is 0 Å². The zero-order valence-electron chi connectivity index (χ0n) is 10.4. The van der Waals surface area contributed by atoms with E-state index >= 15 is 0 Å². The van der Waals surface area contributed by atoms with Crippen molar-refractivity contribution in [2.24, 2.45) is 5.92 Å². The summed E-state index contributed by atoms with van der Waals surface area (Å²) in [5, 5.41) is 3.46. The smallest absolute Gasteiger partial charge is 0.126 e. The van der Waals surface area contributed by atoms with Gasteiger partial charge in [-0.15, -0.1) is 0 Å². The number of rotatable bonds is 5. The summed E-state index contributed by atoms with van der Waals surface area (Å²) < 4.78 is 13.3. The highest BCUT2D eigenvalue weighted by Gasteiger charge is 2.12. The van der Waals surface area contributed by atoms with E-state index in [1.54, 1.807) is 6.07 Å². The second-order valence-electron chi connectivity index (χ2n) is 5.05. The molecule has 0 radical (unpaired) electrons. The average molecular weight is 235 g/mol.